The fourth-order valence-corrected chi connectivity index (χ4v) is 3.79. The zero-order chi connectivity index (χ0) is 12.7. The topological polar surface area (TPSA) is 58.0 Å². The average molecular weight is 263 g/mol. The van der Waals surface area contributed by atoms with Crippen molar-refractivity contribution in [3.8, 4) is 0 Å². The number of thiophene rings is 1. The van der Waals surface area contributed by atoms with Gasteiger partial charge in [0.2, 0.25) is 0 Å². The molecule has 1 aliphatic carbocycles. The molecule has 0 radical (unpaired) electrons. The van der Waals surface area contributed by atoms with E-state index in [0.717, 1.165) is 22.9 Å². The molecular formula is C13H17N3OS. The molecule has 2 N–H and O–H groups in total. The molecule has 0 saturated heterocycles. The Morgan fingerprint density at radius 1 is 1.39 bits per heavy atom. The largest absolute Gasteiger partial charge is 0.394 e. The van der Waals surface area contributed by atoms with Crippen LogP contribution in [0.1, 0.15) is 29.6 Å². The second-order valence-electron chi connectivity index (χ2n) is 4.88. The minimum absolute atomic E-state index is 0.0134. The number of fused-ring (bicyclic) bond motifs is 3. The molecule has 2 heterocycles. The first-order valence-electron chi connectivity index (χ1n) is 6.35. The minimum Gasteiger partial charge on any atom is -0.394 e. The Labute approximate surface area is 110 Å². The van der Waals surface area contributed by atoms with Crippen LogP contribution in [-0.4, -0.2) is 27.7 Å². The number of anilines is 1. The van der Waals surface area contributed by atoms with Crippen LogP contribution in [-0.2, 0) is 12.8 Å². The van der Waals surface area contributed by atoms with Crippen molar-refractivity contribution in [1.82, 2.24) is 9.97 Å². The second-order valence-corrected chi connectivity index (χ2v) is 5.97. The first-order valence-corrected chi connectivity index (χ1v) is 7.17. The van der Waals surface area contributed by atoms with Crippen molar-refractivity contribution in [2.24, 2.45) is 0 Å². The summed E-state index contributed by atoms with van der Waals surface area (Å²) < 4.78 is 0. The van der Waals surface area contributed by atoms with Gasteiger partial charge < -0.3 is 10.4 Å². The number of rotatable bonds is 3. The molecule has 96 valence electrons. The SMILES string of the molecule is Cc1nc(NC(C)CO)c2c3c(sc2n1)CCC3. The quantitative estimate of drug-likeness (QED) is 0.892. The summed E-state index contributed by atoms with van der Waals surface area (Å²) in [5.41, 5.74) is 1.42. The molecule has 0 spiro atoms. The molecule has 0 fully saturated rings. The highest BCUT2D eigenvalue weighted by Gasteiger charge is 2.22. The zero-order valence-electron chi connectivity index (χ0n) is 10.7. The molecule has 2 aromatic heterocycles. The number of aryl methyl sites for hydroxylation is 3. The highest BCUT2D eigenvalue weighted by molar-refractivity contribution is 7.19. The number of aromatic nitrogens is 2. The fraction of sp³-hybridized carbons (Fsp3) is 0.538. The van der Waals surface area contributed by atoms with Crippen molar-refractivity contribution in [2.75, 3.05) is 11.9 Å². The summed E-state index contributed by atoms with van der Waals surface area (Å²) in [6, 6.07) is 0.0134. The standard InChI is InChI=1S/C13H17N3OS/c1-7(6-17)14-12-11-9-4-3-5-10(9)18-13(11)16-8(2)15-12/h7,17H,3-6H2,1-2H3,(H,14,15,16). The van der Waals surface area contributed by atoms with Crippen molar-refractivity contribution in [3.63, 3.8) is 0 Å². The Morgan fingerprint density at radius 3 is 3.00 bits per heavy atom. The van der Waals surface area contributed by atoms with Crippen LogP contribution in [0.15, 0.2) is 0 Å². The van der Waals surface area contributed by atoms with E-state index in [-0.39, 0.29) is 12.6 Å². The van der Waals surface area contributed by atoms with Crippen LogP contribution in [0.3, 0.4) is 0 Å². The van der Waals surface area contributed by atoms with Gasteiger partial charge in [-0.2, -0.15) is 0 Å². The van der Waals surface area contributed by atoms with Gasteiger partial charge in [0.15, 0.2) is 0 Å². The summed E-state index contributed by atoms with van der Waals surface area (Å²) in [6.07, 6.45) is 3.54. The van der Waals surface area contributed by atoms with Gasteiger partial charge in [0.05, 0.1) is 12.0 Å². The molecule has 1 aliphatic rings. The zero-order valence-corrected chi connectivity index (χ0v) is 11.5. The summed E-state index contributed by atoms with van der Waals surface area (Å²) in [6.45, 7) is 3.98. The molecule has 4 nitrogen and oxygen atoms in total. The lowest BCUT2D eigenvalue weighted by Crippen LogP contribution is -2.20. The van der Waals surface area contributed by atoms with Crippen LogP contribution in [0.2, 0.25) is 0 Å². The van der Waals surface area contributed by atoms with Crippen LogP contribution >= 0.6 is 11.3 Å². The van der Waals surface area contributed by atoms with Crippen LogP contribution in [0.25, 0.3) is 10.2 Å². The number of hydrogen-bond donors (Lipinski definition) is 2. The fourth-order valence-electron chi connectivity index (χ4n) is 2.49. The van der Waals surface area contributed by atoms with Gasteiger partial charge in [-0.25, -0.2) is 9.97 Å². The summed E-state index contributed by atoms with van der Waals surface area (Å²) in [7, 11) is 0. The number of nitrogens with zero attached hydrogens (tertiary/aromatic N) is 2. The van der Waals surface area contributed by atoms with Gasteiger partial charge in [0, 0.05) is 10.9 Å². The third-order valence-corrected chi connectivity index (χ3v) is 4.52. The monoisotopic (exact) mass is 263 g/mol. The number of aliphatic hydroxyl groups is 1. The van der Waals surface area contributed by atoms with Crippen LogP contribution in [0.5, 0.6) is 0 Å². The molecule has 0 aliphatic heterocycles. The average Bonchev–Trinajstić information content (AvgIpc) is 2.87. The molecule has 0 saturated carbocycles. The normalized spacial score (nSPS) is 15.9. The number of nitrogens with one attached hydrogen (secondary N) is 1. The van der Waals surface area contributed by atoms with E-state index in [4.69, 9.17) is 0 Å². The molecular weight excluding hydrogens is 246 g/mol. The molecule has 3 rings (SSSR count). The van der Waals surface area contributed by atoms with Crippen molar-refractivity contribution in [2.45, 2.75) is 39.2 Å². The van der Waals surface area contributed by atoms with Crippen molar-refractivity contribution < 1.29 is 5.11 Å². The molecule has 0 amide bonds. The Balaban J connectivity index is 2.16. The van der Waals surface area contributed by atoms with E-state index in [1.54, 1.807) is 11.3 Å². The van der Waals surface area contributed by atoms with E-state index in [1.807, 2.05) is 13.8 Å². The van der Waals surface area contributed by atoms with Gasteiger partial charge in [0.25, 0.3) is 0 Å². The molecule has 0 bridgehead atoms. The Kier molecular flexibility index (Phi) is 2.95. The third kappa shape index (κ3) is 1.87. The summed E-state index contributed by atoms with van der Waals surface area (Å²) in [4.78, 5) is 11.6. The Hall–Kier alpha value is -1.20. The van der Waals surface area contributed by atoms with Crippen molar-refractivity contribution in [1.29, 1.82) is 0 Å². The molecule has 0 aromatic carbocycles. The van der Waals surface area contributed by atoms with Crippen molar-refractivity contribution in [3.05, 3.63) is 16.3 Å². The maximum atomic E-state index is 9.18. The predicted molar refractivity (Wildman–Crippen MR) is 74.3 cm³/mol. The lowest BCUT2D eigenvalue weighted by molar-refractivity contribution is 0.281. The van der Waals surface area contributed by atoms with Crippen LogP contribution in [0.4, 0.5) is 5.82 Å². The Bertz CT molecular complexity index is 593. The molecule has 2 aromatic rings. The summed E-state index contributed by atoms with van der Waals surface area (Å²) >= 11 is 1.80. The maximum Gasteiger partial charge on any atom is 0.139 e. The molecule has 5 heteroatoms. The maximum absolute atomic E-state index is 9.18. The summed E-state index contributed by atoms with van der Waals surface area (Å²) in [5, 5.41) is 13.7. The molecule has 1 unspecified atom stereocenters. The van der Waals surface area contributed by atoms with Gasteiger partial charge in [-0.3, -0.25) is 0 Å². The lowest BCUT2D eigenvalue weighted by atomic mass is 10.2. The first-order chi connectivity index (χ1) is 8.69. The first kappa shape index (κ1) is 11.9. The van der Waals surface area contributed by atoms with Gasteiger partial charge in [-0.15, -0.1) is 11.3 Å². The molecule has 18 heavy (non-hydrogen) atoms. The van der Waals surface area contributed by atoms with E-state index in [2.05, 4.69) is 15.3 Å². The smallest absolute Gasteiger partial charge is 0.139 e. The molecule has 1 atom stereocenters. The van der Waals surface area contributed by atoms with Gasteiger partial charge >= 0.3 is 0 Å². The van der Waals surface area contributed by atoms with E-state index in [0.29, 0.717) is 0 Å². The van der Waals surface area contributed by atoms with Gasteiger partial charge in [-0.05, 0) is 38.7 Å². The number of hydrogen-bond acceptors (Lipinski definition) is 5. The van der Waals surface area contributed by atoms with Crippen LogP contribution in [0, 0.1) is 6.92 Å². The van der Waals surface area contributed by atoms with Gasteiger partial charge in [-0.1, -0.05) is 0 Å². The summed E-state index contributed by atoms with van der Waals surface area (Å²) in [5.74, 6) is 1.67. The van der Waals surface area contributed by atoms with E-state index < -0.39 is 0 Å². The Morgan fingerprint density at radius 2 is 2.22 bits per heavy atom. The minimum atomic E-state index is 0.0134. The predicted octanol–water partition coefficient (Wildman–Crippen LogP) is 2.28. The highest BCUT2D eigenvalue weighted by Crippen LogP contribution is 2.39. The van der Waals surface area contributed by atoms with Crippen molar-refractivity contribution >= 4 is 27.4 Å². The van der Waals surface area contributed by atoms with Crippen LogP contribution < -0.4 is 5.32 Å². The van der Waals surface area contributed by atoms with E-state index in [9.17, 15) is 5.11 Å². The highest BCUT2D eigenvalue weighted by atomic mass is 32.1. The van der Waals surface area contributed by atoms with Gasteiger partial charge in [0.1, 0.15) is 16.5 Å². The second kappa shape index (κ2) is 4.48. The number of aliphatic hydroxyl groups excluding tert-OH is 1. The van der Waals surface area contributed by atoms with E-state index >= 15 is 0 Å². The van der Waals surface area contributed by atoms with E-state index in [1.165, 1.54) is 28.7 Å². The third-order valence-electron chi connectivity index (χ3n) is 3.33. The lowest BCUT2D eigenvalue weighted by Gasteiger charge is -2.13.